The van der Waals surface area contributed by atoms with Gasteiger partial charge in [-0.1, -0.05) is 35.3 Å². The van der Waals surface area contributed by atoms with Gasteiger partial charge in [0, 0.05) is 32.9 Å². The summed E-state index contributed by atoms with van der Waals surface area (Å²) in [7, 11) is 1.61. The molecular formula is C29H24Cl2N4O3. The van der Waals surface area contributed by atoms with Crippen LogP contribution in [0, 0.1) is 6.92 Å². The number of aryl methyl sites for hydroxylation is 1. The Bertz CT molecular complexity index is 1640. The Morgan fingerprint density at radius 1 is 0.974 bits per heavy atom. The van der Waals surface area contributed by atoms with Crippen LogP contribution in [0.1, 0.15) is 47.2 Å². The van der Waals surface area contributed by atoms with Crippen LogP contribution >= 0.6 is 23.2 Å². The molecule has 1 spiro atoms. The van der Waals surface area contributed by atoms with Gasteiger partial charge >= 0.3 is 0 Å². The van der Waals surface area contributed by atoms with Gasteiger partial charge < -0.3 is 14.6 Å². The van der Waals surface area contributed by atoms with Crippen molar-refractivity contribution >= 4 is 46.4 Å². The van der Waals surface area contributed by atoms with E-state index in [1.165, 1.54) is 4.90 Å². The fraction of sp³-hybridized carbons (Fsp3) is 0.207. The number of nitrogens with one attached hydrogen (secondary N) is 1. The lowest BCUT2D eigenvalue weighted by molar-refractivity contribution is -0.119. The van der Waals surface area contributed by atoms with Crippen LogP contribution < -0.4 is 15.0 Å². The maximum absolute atomic E-state index is 14.3. The first-order valence-electron chi connectivity index (χ1n) is 12.2. The Balaban J connectivity index is 1.71. The number of hydrogen-bond donors (Lipinski definition) is 1. The van der Waals surface area contributed by atoms with Crippen LogP contribution in [-0.4, -0.2) is 28.5 Å². The third-order valence-electron chi connectivity index (χ3n) is 7.22. The highest BCUT2D eigenvalue weighted by Crippen LogP contribution is 2.55. The molecule has 38 heavy (non-hydrogen) atoms. The number of aromatic nitrogens is 2. The molecule has 0 bridgehead atoms. The van der Waals surface area contributed by atoms with Gasteiger partial charge in [-0.05, 0) is 74.9 Å². The highest BCUT2D eigenvalue weighted by atomic mass is 35.5. The largest absolute Gasteiger partial charge is 0.497 e. The van der Waals surface area contributed by atoms with Gasteiger partial charge in [-0.15, -0.1) is 0 Å². The highest BCUT2D eigenvalue weighted by Gasteiger charge is 2.64. The number of carbonyl (C=O) groups excluding carboxylic acids is 2. The minimum absolute atomic E-state index is 0.127. The van der Waals surface area contributed by atoms with E-state index < -0.39 is 5.54 Å². The van der Waals surface area contributed by atoms with Crippen molar-refractivity contribution in [3.63, 3.8) is 0 Å². The van der Waals surface area contributed by atoms with E-state index in [4.69, 9.17) is 32.9 Å². The quantitative estimate of drug-likeness (QED) is 0.312. The zero-order chi connectivity index (χ0) is 26.9. The van der Waals surface area contributed by atoms with E-state index in [2.05, 4.69) is 5.32 Å². The van der Waals surface area contributed by atoms with E-state index in [1.807, 2.05) is 55.7 Å². The van der Waals surface area contributed by atoms with Gasteiger partial charge in [0.15, 0.2) is 11.2 Å². The maximum atomic E-state index is 14.3. The van der Waals surface area contributed by atoms with Crippen LogP contribution in [0.3, 0.4) is 0 Å². The Hall–Kier alpha value is -3.81. The lowest BCUT2D eigenvalue weighted by atomic mass is 9.86. The van der Waals surface area contributed by atoms with Gasteiger partial charge in [0.2, 0.25) is 0 Å². The first kappa shape index (κ1) is 24.5. The normalized spacial score (nSPS) is 17.8. The number of halogens is 2. The summed E-state index contributed by atoms with van der Waals surface area (Å²) in [6, 6.07) is 17.9. The summed E-state index contributed by atoms with van der Waals surface area (Å²) < 4.78 is 7.31. The molecule has 0 unspecified atom stereocenters. The third-order valence-corrected chi connectivity index (χ3v) is 7.69. The lowest BCUT2D eigenvalue weighted by Crippen LogP contribution is -2.51. The zero-order valence-electron chi connectivity index (χ0n) is 21.2. The van der Waals surface area contributed by atoms with Crippen LogP contribution in [0.4, 0.5) is 11.4 Å². The number of nitrogens with zero attached hydrogens (tertiary/aromatic N) is 3. The monoisotopic (exact) mass is 546 g/mol. The fourth-order valence-electron chi connectivity index (χ4n) is 5.58. The van der Waals surface area contributed by atoms with Crippen molar-refractivity contribution in [3.05, 3.63) is 93.2 Å². The molecule has 0 saturated carbocycles. The minimum atomic E-state index is -1.51. The molecule has 1 aromatic heterocycles. The standard InChI is InChI=1S/C29H24Cl2N4O3/c1-15(2)34-25-24(33-26(34)17-6-10-20(38-4)11-7-17)27(36)35(23-14-19(31)8-5-16(23)3)29(25)21-12-9-18(30)13-22(21)32-28(29)37/h5-15H,1-4H3,(H,32,37)/t29-/m1/s1. The van der Waals surface area contributed by atoms with Gasteiger partial charge in [0.25, 0.3) is 11.8 Å². The summed E-state index contributed by atoms with van der Waals surface area (Å²) >= 11 is 12.7. The van der Waals surface area contributed by atoms with E-state index in [0.717, 1.165) is 11.1 Å². The van der Waals surface area contributed by atoms with E-state index in [0.29, 0.717) is 44.3 Å². The van der Waals surface area contributed by atoms with Crippen LogP contribution in [0.2, 0.25) is 10.0 Å². The summed E-state index contributed by atoms with van der Waals surface area (Å²) in [6.07, 6.45) is 0. The van der Waals surface area contributed by atoms with E-state index in [1.54, 1.807) is 37.4 Å². The number of amides is 2. The number of carbonyl (C=O) groups is 2. The number of rotatable bonds is 4. The number of methoxy groups -OCH3 is 1. The Morgan fingerprint density at radius 3 is 2.34 bits per heavy atom. The smallest absolute Gasteiger partial charge is 0.280 e. The maximum Gasteiger partial charge on any atom is 0.280 e. The fourth-order valence-corrected chi connectivity index (χ4v) is 5.92. The topological polar surface area (TPSA) is 76.5 Å². The molecule has 2 amide bonds. The number of ether oxygens (including phenoxy) is 1. The molecule has 0 saturated heterocycles. The van der Waals surface area contributed by atoms with Crippen molar-refractivity contribution in [2.75, 3.05) is 17.3 Å². The van der Waals surface area contributed by atoms with Crippen LogP contribution in [0.5, 0.6) is 5.75 Å². The number of anilines is 2. The SMILES string of the molecule is COc1ccc(-c2nc3c(n2C(C)C)[C@]2(C(=O)Nc4cc(Cl)ccc42)N(c2cc(Cl)ccc2C)C3=O)cc1. The first-order chi connectivity index (χ1) is 18.2. The molecule has 3 aromatic carbocycles. The predicted molar refractivity (Wildman–Crippen MR) is 148 cm³/mol. The average molecular weight is 547 g/mol. The molecule has 7 nitrogen and oxygen atoms in total. The second-order valence-electron chi connectivity index (χ2n) is 9.75. The van der Waals surface area contributed by atoms with E-state index in [9.17, 15) is 9.59 Å². The lowest BCUT2D eigenvalue weighted by Gasteiger charge is -2.36. The van der Waals surface area contributed by atoms with Crippen molar-refractivity contribution in [1.29, 1.82) is 0 Å². The molecule has 192 valence electrons. The Morgan fingerprint density at radius 2 is 1.66 bits per heavy atom. The predicted octanol–water partition coefficient (Wildman–Crippen LogP) is 6.61. The molecule has 0 aliphatic carbocycles. The summed E-state index contributed by atoms with van der Waals surface area (Å²) in [5.41, 5.74) is 2.55. The zero-order valence-corrected chi connectivity index (χ0v) is 22.7. The van der Waals surface area contributed by atoms with E-state index >= 15 is 0 Å². The summed E-state index contributed by atoms with van der Waals surface area (Å²) in [6.45, 7) is 5.91. The number of benzene rings is 3. The average Bonchev–Trinajstić information content (AvgIpc) is 3.49. The molecule has 6 rings (SSSR count). The molecule has 1 atom stereocenters. The molecule has 3 heterocycles. The second kappa shape index (κ2) is 8.61. The second-order valence-corrected chi connectivity index (χ2v) is 10.6. The first-order valence-corrected chi connectivity index (χ1v) is 12.9. The summed E-state index contributed by atoms with van der Waals surface area (Å²) in [5.74, 6) is 0.569. The van der Waals surface area contributed by atoms with Crippen molar-refractivity contribution in [2.45, 2.75) is 32.4 Å². The van der Waals surface area contributed by atoms with E-state index in [-0.39, 0.29) is 23.6 Å². The summed E-state index contributed by atoms with van der Waals surface area (Å²) in [4.78, 5) is 35.0. The molecule has 4 aromatic rings. The summed E-state index contributed by atoms with van der Waals surface area (Å²) in [5, 5.41) is 3.92. The number of fused-ring (bicyclic) bond motifs is 4. The van der Waals surface area contributed by atoms with Crippen LogP contribution in [0.25, 0.3) is 11.4 Å². The molecule has 2 aliphatic rings. The Kier molecular flexibility index (Phi) is 5.56. The van der Waals surface area contributed by atoms with Crippen molar-refractivity contribution < 1.29 is 14.3 Å². The number of imidazole rings is 1. The molecule has 0 radical (unpaired) electrons. The number of hydrogen-bond acceptors (Lipinski definition) is 4. The van der Waals surface area contributed by atoms with Crippen LogP contribution in [-0.2, 0) is 10.3 Å². The van der Waals surface area contributed by atoms with Crippen molar-refractivity contribution in [2.24, 2.45) is 0 Å². The molecule has 9 heteroatoms. The highest BCUT2D eigenvalue weighted by molar-refractivity contribution is 6.32. The third kappa shape index (κ3) is 3.25. The van der Waals surface area contributed by atoms with Gasteiger partial charge in [-0.3, -0.25) is 14.5 Å². The molecule has 1 N–H and O–H groups in total. The van der Waals surface area contributed by atoms with Crippen LogP contribution in [0.15, 0.2) is 60.7 Å². The van der Waals surface area contributed by atoms with Gasteiger partial charge in [-0.2, -0.15) is 0 Å². The van der Waals surface area contributed by atoms with Gasteiger partial charge in [0.1, 0.15) is 11.6 Å². The van der Waals surface area contributed by atoms with Gasteiger partial charge in [-0.25, -0.2) is 4.98 Å². The molecule has 0 fully saturated rings. The van der Waals surface area contributed by atoms with Crippen molar-refractivity contribution in [1.82, 2.24) is 9.55 Å². The van der Waals surface area contributed by atoms with Gasteiger partial charge in [0.05, 0.1) is 18.5 Å². The van der Waals surface area contributed by atoms with Crippen molar-refractivity contribution in [3.8, 4) is 17.1 Å². The molecule has 2 aliphatic heterocycles. The molecular weight excluding hydrogens is 523 g/mol. The minimum Gasteiger partial charge on any atom is -0.497 e. The Labute approximate surface area is 230 Å².